The molecule has 0 saturated heterocycles. The van der Waals surface area contributed by atoms with Gasteiger partial charge in [-0.1, -0.05) is 12.1 Å². The van der Waals surface area contributed by atoms with E-state index in [4.69, 9.17) is 13.1 Å². The molecule has 0 spiro atoms. The highest BCUT2D eigenvalue weighted by atomic mass is 32.1. The van der Waals surface area contributed by atoms with Crippen molar-refractivity contribution in [2.45, 2.75) is 0 Å². The fourth-order valence-corrected chi connectivity index (χ4v) is 8.22. The Hall–Kier alpha value is -6.62. The summed E-state index contributed by atoms with van der Waals surface area (Å²) in [5.74, 6) is -2.31. The van der Waals surface area contributed by atoms with Gasteiger partial charge in [0.25, 0.3) is 0 Å². The van der Waals surface area contributed by atoms with Crippen LogP contribution in [-0.2, 0) is 0 Å². The number of thiazole rings is 2. The Labute approximate surface area is 273 Å². The number of ketones is 4. The number of hydrogen-bond acceptors (Lipinski definition) is 13. The maximum Gasteiger partial charge on any atom is 0.197 e. The van der Waals surface area contributed by atoms with Gasteiger partial charge < -0.3 is 0 Å². The van der Waals surface area contributed by atoms with E-state index in [0.29, 0.717) is 41.5 Å². The lowest BCUT2D eigenvalue weighted by atomic mass is 10.0. The van der Waals surface area contributed by atoms with Crippen LogP contribution in [0.5, 0.6) is 0 Å². The largest absolute Gasteiger partial charge is 0.288 e. The number of rotatable bonds is 2. The van der Waals surface area contributed by atoms with Gasteiger partial charge in [0.15, 0.2) is 34.5 Å². The molecule has 0 amide bonds. The minimum Gasteiger partial charge on any atom is -0.288 e. The fraction of sp³-hybridized carbons (Fsp3) is 0. The Kier molecular flexibility index (Phi) is 5.90. The molecule has 0 bridgehead atoms. The first-order valence-corrected chi connectivity index (χ1v) is 15.5. The highest BCUT2D eigenvalue weighted by molar-refractivity contribution is 7.27. The number of aromatic nitrogens is 4. The number of nitrogens with zero attached hydrogens (tertiary/aromatic N) is 8. The average molecular weight is 663 g/mol. The van der Waals surface area contributed by atoms with Crippen molar-refractivity contribution in [3.05, 3.63) is 102 Å². The minimum absolute atomic E-state index is 0.00319. The first-order valence-electron chi connectivity index (χ1n) is 13.1. The van der Waals surface area contributed by atoms with Crippen LogP contribution in [0.3, 0.4) is 0 Å². The van der Waals surface area contributed by atoms with E-state index >= 15 is 0 Å². The molecule has 216 valence electrons. The van der Waals surface area contributed by atoms with Crippen LogP contribution in [0.4, 0.5) is 11.4 Å². The summed E-state index contributed by atoms with van der Waals surface area (Å²) in [6, 6.07) is 8.78. The molecule has 0 aliphatic heterocycles. The highest BCUT2D eigenvalue weighted by Crippen LogP contribution is 2.42. The van der Waals surface area contributed by atoms with Crippen LogP contribution in [0.1, 0.15) is 62.6 Å². The molecule has 0 unspecified atom stereocenters. The Bertz CT molecular complexity index is 2520. The van der Waals surface area contributed by atoms with Crippen LogP contribution in [0.2, 0.25) is 0 Å². The second-order valence-electron chi connectivity index (χ2n) is 10.1. The van der Waals surface area contributed by atoms with Crippen LogP contribution < -0.4 is 0 Å². The summed E-state index contributed by atoms with van der Waals surface area (Å²) in [5.41, 5.74) is 1.70. The molecule has 2 aliphatic carbocycles. The molecule has 47 heavy (non-hydrogen) atoms. The first kappa shape index (κ1) is 27.9. The summed E-state index contributed by atoms with van der Waals surface area (Å²) in [5, 5.41) is 19.4. The summed E-state index contributed by atoms with van der Waals surface area (Å²) in [4.78, 5) is 68.9. The average Bonchev–Trinajstić information content (AvgIpc) is 3.90. The van der Waals surface area contributed by atoms with Gasteiger partial charge in [-0.3, -0.25) is 28.9 Å². The number of allylic oxidation sites excluding steroid dienone is 2. The van der Waals surface area contributed by atoms with Crippen molar-refractivity contribution in [3.63, 3.8) is 0 Å². The van der Waals surface area contributed by atoms with E-state index in [1.54, 1.807) is 0 Å². The second kappa shape index (κ2) is 9.94. The van der Waals surface area contributed by atoms with Crippen molar-refractivity contribution < 1.29 is 19.2 Å². The van der Waals surface area contributed by atoms with Crippen LogP contribution in [-0.4, -0.2) is 41.8 Å². The molecule has 3 aromatic heterocycles. The molecule has 15 heteroatoms. The van der Waals surface area contributed by atoms with Crippen molar-refractivity contribution in [1.82, 2.24) is 18.7 Å². The standard InChI is InChI=1S/C32H6N8O4S3/c1-35-19-5-15-16(6-20(19)36-2)30(44)18(29(15)43)8-22-38-26-24-23(39-47-40-24)25-31(32(26)46-22)45-21(37-25)7-17-27(41)13-3-11(9-33)12(10-34)4-14(13)28(17)42/h3-8H. The highest BCUT2D eigenvalue weighted by Gasteiger charge is 2.36. The van der Waals surface area contributed by atoms with E-state index in [2.05, 4.69) is 28.4 Å². The lowest BCUT2D eigenvalue weighted by Gasteiger charge is -1.98. The predicted molar refractivity (Wildman–Crippen MR) is 172 cm³/mol. The molecule has 3 heterocycles. The van der Waals surface area contributed by atoms with E-state index < -0.39 is 23.1 Å². The van der Waals surface area contributed by atoms with E-state index in [0.717, 1.165) is 11.7 Å². The third kappa shape index (κ3) is 3.86. The maximum absolute atomic E-state index is 13.2. The smallest absolute Gasteiger partial charge is 0.197 e. The van der Waals surface area contributed by atoms with Gasteiger partial charge in [0.1, 0.15) is 44.2 Å². The van der Waals surface area contributed by atoms with Crippen LogP contribution in [0.25, 0.3) is 53.3 Å². The summed E-state index contributed by atoms with van der Waals surface area (Å²) in [6.07, 6.45) is 2.75. The van der Waals surface area contributed by atoms with Crippen LogP contribution >= 0.6 is 34.4 Å². The molecule has 0 radical (unpaired) electrons. The maximum atomic E-state index is 13.2. The van der Waals surface area contributed by atoms with Crippen molar-refractivity contribution >= 4 is 113 Å². The molecule has 6 aromatic rings. The fourth-order valence-electron chi connectivity index (χ4n) is 5.51. The molecule has 3 aromatic carbocycles. The quantitative estimate of drug-likeness (QED) is 0.110. The Morgan fingerprint density at radius 2 is 1.00 bits per heavy atom. The van der Waals surface area contributed by atoms with Gasteiger partial charge >= 0.3 is 0 Å². The lowest BCUT2D eigenvalue weighted by Crippen LogP contribution is -2.00. The molecular formula is C32H6N8O4S3. The third-order valence-corrected chi connectivity index (χ3v) is 10.4. The van der Waals surface area contributed by atoms with Gasteiger partial charge in [-0.15, -0.1) is 22.7 Å². The number of Topliss-reactive ketones (excluding diaryl/α,β-unsaturated/α-hetero) is 4. The molecule has 2 aliphatic rings. The van der Waals surface area contributed by atoms with Gasteiger partial charge in [-0.25, -0.2) is 9.97 Å². The SMILES string of the molecule is [C-]#[N+]c1cc2c(cc1[N+]#[C-])C(=O)C(=Cc1nc3c4nsnc4c4nc(C=C5C(=O)c6cc(C#N)c(C#N)cc6C5=O)sc4c3s1)C2=O. The number of fused-ring (bicyclic) bond motifs is 8. The van der Waals surface area contributed by atoms with Gasteiger partial charge in [0.2, 0.25) is 0 Å². The van der Waals surface area contributed by atoms with E-state index in [1.165, 1.54) is 59.1 Å². The van der Waals surface area contributed by atoms with Crippen molar-refractivity contribution in [1.29, 1.82) is 10.5 Å². The Balaban J connectivity index is 1.25. The van der Waals surface area contributed by atoms with Gasteiger partial charge in [-0.2, -0.15) is 19.3 Å². The molecule has 0 fully saturated rings. The lowest BCUT2D eigenvalue weighted by molar-refractivity contribution is 0.0975. The third-order valence-electron chi connectivity index (χ3n) is 7.68. The molecule has 8 rings (SSSR count). The molecule has 12 nitrogen and oxygen atoms in total. The monoisotopic (exact) mass is 662 g/mol. The summed E-state index contributed by atoms with van der Waals surface area (Å²) < 4.78 is 10.1. The molecule has 0 N–H and O–H groups in total. The van der Waals surface area contributed by atoms with Crippen LogP contribution in [0.15, 0.2) is 35.4 Å². The number of benzene rings is 3. The van der Waals surface area contributed by atoms with Gasteiger partial charge in [0.05, 0.1) is 56.5 Å². The van der Waals surface area contributed by atoms with E-state index in [1.807, 2.05) is 12.1 Å². The first-order chi connectivity index (χ1) is 22.8. The number of carbonyl (C=O) groups excluding carboxylic acids is 4. The summed E-state index contributed by atoms with van der Waals surface area (Å²) in [7, 11) is 0. The van der Waals surface area contributed by atoms with Crippen molar-refractivity contribution in [3.8, 4) is 12.1 Å². The number of hydrogen-bond donors (Lipinski definition) is 0. The predicted octanol–water partition coefficient (Wildman–Crippen LogP) is 6.68. The topological polar surface area (TPSA) is 176 Å². The Morgan fingerprint density at radius 1 is 0.617 bits per heavy atom. The van der Waals surface area contributed by atoms with Crippen molar-refractivity contribution in [2.24, 2.45) is 0 Å². The second-order valence-corrected chi connectivity index (χ2v) is 12.7. The number of nitriles is 2. The minimum atomic E-state index is -0.582. The molecule has 0 saturated carbocycles. The van der Waals surface area contributed by atoms with E-state index in [-0.39, 0.29) is 55.9 Å². The van der Waals surface area contributed by atoms with Gasteiger partial charge in [0, 0.05) is 22.3 Å². The summed E-state index contributed by atoms with van der Waals surface area (Å²) >= 11 is 3.32. The molecular weight excluding hydrogens is 657 g/mol. The zero-order chi connectivity index (χ0) is 32.7. The van der Waals surface area contributed by atoms with E-state index in [9.17, 15) is 29.7 Å². The zero-order valence-electron chi connectivity index (χ0n) is 22.9. The van der Waals surface area contributed by atoms with Crippen LogP contribution in [0, 0.1) is 35.8 Å². The molecule has 0 atom stereocenters. The zero-order valence-corrected chi connectivity index (χ0v) is 25.3. The normalized spacial score (nSPS) is 13.5. The van der Waals surface area contributed by atoms with Crippen molar-refractivity contribution in [2.75, 3.05) is 0 Å². The Morgan fingerprint density at radius 3 is 1.36 bits per heavy atom. The van der Waals surface area contributed by atoms with Gasteiger partial charge in [-0.05, 0) is 24.3 Å². The summed E-state index contributed by atoms with van der Waals surface area (Å²) in [6.45, 7) is 14.6. The number of carbonyl (C=O) groups is 4.